The summed E-state index contributed by atoms with van der Waals surface area (Å²) in [4.78, 5) is 20.1. The van der Waals surface area contributed by atoms with E-state index in [0.29, 0.717) is 16.9 Å². The number of ether oxygens (including phenoxy) is 1. The lowest BCUT2D eigenvalue weighted by Crippen LogP contribution is -2.30. The summed E-state index contributed by atoms with van der Waals surface area (Å²) in [5.74, 6) is -1.47. The molecule has 0 unspecified atom stereocenters. The van der Waals surface area contributed by atoms with E-state index in [-0.39, 0.29) is 12.4 Å². The largest absolute Gasteiger partial charge is 0.438 e. The molecule has 8 nitrogen and oxygen atoms in total. The van der Waals surface area contributed by atoms with E-state index in [9.17, 15) is 17.6 Å². The molecule has 0 saturated carbocycles. The predicted octanol–water partition coefficient (Wildman–Crippen LogP) is 4.65. The number of aryl methyl sites for hydroxylation is 2. The van der Waals surface area contributed by atoms with Gasteiger partial charge in [0.1, 0.15) is 17.3 Å². The fourth-order valence-electron chi connectivity index (χ4n) is 3.74. The van der Waals surface area contributed by atoms with Crippen molar-refractivity contribution in [2.24, 2.45) is 0 Å². The summed E-state index contributed by atoms with van der Waals surface area (Å²) in [6.45, 7) is 3.77. The number of carbonyl (C=O) groups is 1. The molecule has 0 spiro atoms. The lowest BCUT2D eigenvalue weighted by Gasteiger charge is -2.14. The maximum atomic E-state index is 13.0. The van der Waals surface area contributed by atoms with Crippen molar-refractivity contribution in [1.82, 2.24) is 15.3 Å². The van der Waals surface area contributed by atoms with Gasteiger partial charge in [-0.15, -0.1) is 0 Å². The molecule has 1 heterocycles. The zero-order valence-corrected chi connectivity index (χ0v) is 21.4. The maximum absolute atomic E-state index is 13.0. The second-order valence-electron chi connectivity index (χ2n) is 8.57. The first kappa shape index (κ1) is 26.4. The molecule has 0 bridgehead atoms. The number of halogens is 1. The Morgan fingerprint density at radius 3 is 2.29 bits per heavy atom. The summed E-state index contributed by atoms with van der Waals surface area (Å²) in [7, 11) is -4.15. The monoisotopic (exact) mass is 530 g/mol. The normalized spacial score (nSPS) is 11.0. The van der Waals surface area contributed by atoms with E-state index < -0.39 is 32.5 Å². The summed E-state index contributed by atoms with van der Waals surface area (Å²) in [6.07, 6.45) is 1.25. The summed E-state index contributed by atoms with van der Waals surface area (Å²) in [5, 5.41) is 11.0. The number of hydrogen-bond acceptors (Lipinski definition) is 7. The van der Waals surface area contributed by atoms with E-state index in [0.717, 1.165) is 22.3 Å². The Labute approximate surface area is 219 Å². The minimum absolute atomic E-state index is 0.0163. The summed E-state index contributed by atoms with van der Waals surface area (Å²) in [5.41, 5.74) is 4.67. The summed E-state index contributed by atoms with van der Waals surface area (Å²) >= 11 is 0. The number of nitriles is 1. The number of hydrogen-bond donors (Lipinski definition) is 1. The topological polar surface area (TPSA) is 122 Å². The van der Waals surface area contributed by atoms with E-state index in [2.05, 4.69) is 21.4 Å². The summed E-state index contributed by atoms with van der Waals surface area (Å²) in [6, 6.07) is 20.1. The third-order valence-corrected chi connectivity index (χ3v) is 7.02. The van der Waals surface area contributed by atoms with Crippen molar-refractivity contribution >= 4 is 15.7 Å². The van der Waals surface area contributed by atoms with E-state index in [1.807, 2.05) is 38.1 Å². The Bertz CT molecular complexity index is 1610. The van der Waals surface area contributed by atoms with Gasteiger partial charge >= 0.3 is 0 Å². The van der Waals surface area contributed by atoms with Crippen molar-refractivity contribution in [3.8, 4) is 28.8 Å². The molecular formula is C28H23FN4O4S. The van der Waals surface area contributed by atoms with Crippen LogP contribution in [0.5, 0.6) is 11.6 Å². The van der Waals surface area contributed by atoms with Crippen LogP contribution >= 0.6 is 0 Å². The van der Waals surface area contributed by atoms with E-state index >= 15 is 0 Å². The molecule has 4 rings (SSSR count). The van der Waals surface area contributed by atoms with Gasteiger partial charge in [-0.25, -0.2) is 17.8 Å². The van der Waals surface area contributed by atoms with Crippen LogP contribution < -0.4 is 10.1 Å². The molecule has 3 aromatic carbocycles. The molecule has 0 atom stereocenters. The van der Waals surface area contributed by atoms with Crippen molar-refractivity contribution in [2.45, 2.75) is 25.5 Å². The molecule has 10 heteroatoms. The van der Waals surface area contributed by atoms with Crippen LogP contribution in [0.1, 0.15) is 22.3 Å². The lowest BCUT2D eigenvalue weighted by molar-refractivity contribution is -0.118. The zero-order valence-electron chi connectivity index (χ0n) is 20.6. The van der Waals surface area contributed by atoms with E-state index in [1.165, 1.54) is 36.5 Å². The Hall–Kier alpha value is -4.62. The highest BCUT2D eigenvalue weighted by molar-refractivity contribution is 7.91. The molecule has 1 aromatic heterocycles. The van der Waals surface area contributed by atoms with Gasteiger partial charge in [-0.1, -0.05) is 24.3 Å². The average Bonchev–Trinajstić information content (AvgIpc) is 2.90. The fourth-order valence-corrected chi connectivity index (χ4v) is 4.77. The number of aromatic nitrogens is 2. The Balaban J connectivity index is 1.47. The summed E-state index contributed by atoms with van der Waals surface area (Å²) < 4.78 is 44.5. The van der Waals surface area contributed by atoms with Crippen molar-refractivity contribution in [3.63, 3.8) is 0 Å². The van der Waals surface area contributed by atoms with Gasteiger partial charge in [0.25, 0.3) is 5.16 Å². The second-order valence-corrected chi connectivity index (χ2v) is 10.5. The van der Waals surface area contributed by atoms with Crippen LogP contribution in [-0.2, 0) is 21.2 Å². The first-order chi connectivity index (χ1) is 18.1. The van der Waals surface area contributed by atoms with Gasteiger partial charge in [-0.2, -0.15) is 10.2 Å². The number of nitrogens with one attached hydrogen (secondary N) is 1. The first-order valence-electron chi connectivity index (χ1n) is 11.5. The number of carbonyl (C=O) groups excluding carboxylic acids is 1. The van der Waals surface area contributed by atoms with Crippen molar-refractivity contribution in [2.75, 3.05) is 5.75 Å². The molecule has 0 aliphatic heterocycles. The molecule has 38 heavy (non-hydrogen) atoms. The molecule has 192 valence electrons. The van der Waals surface area contributed by atoms with Gasteiger partial charge in [0.05, 0.1) is 11.6 Å². The number of nitrogens with zero attached hydrogens (tertiary/aromatic N) is 3. The molecule has 0 aliphatic rings. The first-order valence-corrected chi connectivity index (χ1v) is 13.2. The SMILES string of the molecule is Cc1cc(-c2ccc(C#N)cc2)cc(C)c1Oc1ccnc(S(=O)(=O)CC(=O)NCc2ccc(F)cc2)n1. The molecule has 4 aromatic rings. The van der Waals surface area contributed by atoms with Crippen LogP contribution in [0.2, 0.25) is 0 Å². The molecule has 1 amide bonds. The van der Waals surface area contributed by atoms with Gasteiger partial charge < -0.3 is 10.1 Å². The number of sulfone groups is 1. The van der Waals surface area contributed by atoms with Crippen LogP contribution in [0.3, 0.4) is 0 Å². The van der Waals surface area contributed by atoms with Crippen molar-refractivity contribution < 1.29 is 22.3 Å². The third-order valence-electron chi connectivity index (χ3n) is 5.62. The van der Waals surface area contributed by atoms with Crippen LogP contribution in [0.4, 0.5) is 4.39 Å². The van der Waals surface area contributed by atoms with Gasteiger partial charge in [-0.3, -0.25) is 4.79 Å². The van der Waals surface area contributed by atoms with Crippen molar-refractivity contribution in [1.29, 1.82) is 5.26 Å². The number of amides is 1. The maximum Gasteiger partial charge on any atom is 0.250 e. The lowest BCUT2D eigenvalue weighted by atomic mass is 9.99. The van der Waals surface area contributed by atoms with E-state index in [4.69, 9.17) is 10.00 Å². The van der Waals surface area contributed by atoms with Gasteiger partial charge in [-0.05, 0) is 78.1 Å². The highest BCUT2D eigenvalue weighted by Crippen LogP contribution is 2.33. The molecular weight excluding hydrogens is 507 g/mol. The van der Waals surface area contributed by atoms with Crippen LogP contribution in [0.25, 0.3) is 11.1 Å². The molecule has 0 saturated heterocycles. The quantitative estimate of drug-likeness (QED) is 0.329. The van der Waals surface area contributed by atoms with Crippen LogP contribution in [0, 0.1) is 31.0 Å². The Kier molecular flexibility index (Phi) is 7.79. The minimum Gasteiger partial charge on any atom is -0.438 e. The zero-order chi connectivity index (χ0) is 27.3. The van der Waals surface area contributed by atoms with Gasteiger partial charge in [0.15, 0.2) is 0 Å². The van der Waals surface area contributed by atoms with Gasteiger partial charge in [0.2, 0.25) is 21.6 Å². The Morgan fingerprint density at radius 1 is 1.00 bits per heavy atom. The highest BCUT2D eigenvalue weighted by Gasteiger charge is 2.23. The smallest absolute Gasteiger partial charge is 0.250 e. The fraction of sp³-hybridized carbons (Fsp3) is 0.143. The molecule has 0 radical (unpaired) electrons. The standard InChI is InChI=1S/C28H23FN4O4S/c1-18-13-23(22-7-3-20(15-30)4-8-22)14-19(2)27(18)37-26-11-12-31-28(33-26)38(35,36)17-25(34)32-16-21-5-9-24(29)10-6-21/h3-14H,16-17H2,1-2H3,(H,32,34). The second kappa shape index (κ2) is 11.2. The highest BCUT2D eigenvalue weighted by atomic mass is 32.2. The third kappa shape index (κ3) is 6.38. The molecule has 1 N–H and O–H groups in total. The average molecular weight is 531 g/mol. The molecule has 0 aliphatic carbocycles. The molecule has 0 fully saturated rings. The predicted molar refractivity (Wildman–Crippen MR) is 138 cm³/mol. The van der Waals surface area contributed by atoms with Gasteiger partial charge in [0, 0.05) is 18.8 Å². The number of benzene rings is 3. The number of rotatable bonds is 8. The minimum atomic E-state index is -4.15. The van der Waals surface area contributed by atoms with Crippen molar-refractivity contribution in [3.05, 3.63) is 101 Å². The van der Waals surface area contributed by atoms with E-state index in [1.54, 1.807) is 12.1 Å². The van der Waals surface area contributed by atoms with Crippen LogP contribution in [-0.4, -0.2) is 30.0 Å². The van der Waals surface area contributed by atoms with Crippen LogP contribution in [0.15, 0.2) is 78.1 Å². The Morgan fingerprint density at radius 2 is 1.66 bits per heavy atom.